The Balaban J connectivity index is 2.38. The van der Waals surface area contributed by atoms with Gasteiger partial charge in [0, 0.05) is 25.2 Å². The van der Waals surface area contributed by atoms with Crippen molar-refractivity contribution in [3.05, 3.63) is 12.2 Å². The quantitative estimate of drug-likeness (QED) is 0.0175. The summed E-state index contributed by atoms with van der Waals surface area (Å²) in [5.41, 5.74) is 0. The number of nitrogens with zero attached hydrogens (tertiary/aromatic N) is 1. The lowest BCUT2D eigenvalue weighted by Crippen LogP contribution is -2.37. The van der Waals surface area contributed by atoms with Crippen molar-refractivity contribution in [3.8, 4) is 0 Å². The molecule has 0 amide bonds. The van der Waals surface area contributed by atoms with Crippen LogP contribution in [0.3, 0.4) is 0 Å². The third-order valence-electron chi connectivity index (χ3n) is 12.2. The number of phosphoric ester groups is 1. The summed E-state index contributed by atoms with van der Waals surface area (Å²) in [4.78, 5) is 48.3. The molecule has 6 atom stereocenters. The number of rotatable bonds is 43. The Hall–Kier alpha value is -1.66. The number of ether oxygens (including phenoxy) is 2. The van der Waals surface area contributed by atoms with Crippen LogP contribution in [0.25, 0.3) is 0 Å². The molecular weight excluding hydrogens is 822 g/mol. The van der Waals surface area contributed by atoms with Gasteiger partial charge in [-0.15, -0.1) is 0 Å². The van der Waals surface area contributed by atoms with Crippen molar-refractivity contribution in [2.24, 2.45) is 11.8 Å². The first-order chi connectivity index (χ1) is 30.2. The SMILES string of the molecule is CCCCCCCCCCCCCCCCCCCCCC(=O)OC[C@H](COP(=O)(O)OCC[N+](C)(C)C)OC(=O)CCCCCC[C@H]1[C@@H](O)CC(=O)[C@@H]1/C=C/[C@@H](O)CCCCC. The van der Waals surface area contributed by atoms with Gasteiger partial charge in [-0.25, -0.2) is 4.57 Å². The molecule has 0 bridgehead atoms. The molecule has 63 heavy (non-hydrogen) atoms. The van der Waals surface area contributed by atoms with Crippen LogP contribution in [-0.4, -0.2) is 103 Å². The Bertz CT molecular complexity index is 1240. The summed E-state index contributed by atoms with van der Waals surface area (Å²) in [7, 11) is 1.34. The molecule has 0 aliphatic heterocycles. The molecular formula is C50H95NO11P+. The standard InChI is InChI=1S/C50H94NO11P/c1-6-8-10-11-12-13-14-15-16-17-18-19-20-21-22-23-24-25-30-34-49(55)59-41-44(42-61-63(57,58)60-39-38-51(3,4)5)62-50(56)35-31-27-26-29-33-45-46(48(54)40-47(45)53)37-36-43(52)32-28-9-7-2/h36-37,43-47,52-53H,6-35,38-42H2,1-5H3/p+1/b37-36+/t43-,44+,45+,46+,47-/m0/s1. The minimum Gasteiger partial charge on any atom is -0.462 e. The van der Waals surface area contributed by atoms with Crippen LogP contribution in [0.1, 0.15) is 213 Å². The minimum absolute atomic E-state index is 0.00508. The molecule has 1 saturated carbocycles. The van der Waals surface area contributed by atoms with E-state index in [4.69, 9.17) is 18.5 Å². The van der Waals surface area contributed by atoms with Crippen molar-refractivity contribution in [2.45, 2.75) is 231 Å². The third-order valence-corrected chi connectivity index (χ3v) is 13.2. The number of aliphatic hydroxyl groups excluding tert-OH is 2. The topological polar surface area (TPSA) is 166 Å². The smallest absolute Gasteiger partial charge is 0.462 e. The second-order valence-corrected chi connectivity index (χ2v) is 20.8. The molecule has 0 saturated heterocycles. The first-order valence-electron chi connectivity index (χ1n) is 25.5. The Morgan fingerprint density at radius 3 is 1.70 bits per heavy atom. The van der Waals surface area contributed by atoms with Crippen LogP contribution in [0.2, 0.25) is 0 Å². The fraction of sp³-hybridized carbons (Fsp3) is 0.900. The Kier molecular flexibility index (Phi) is 35.3. The van der Waals surface area contributed by atoms with Crippen LogP contribution in [0.15, 0.2) is 12.2 Å². The van der Waals surface area contributed by atoms with Crippen LogP contribution in [0.5, 0.6) is 0 Å². The molecule has 1 aliphatic rings. The molecule has 1 unspecified atom stereocenters. The number of carbonyl (C=O) groups excluding carboxylic acids is 3. The van der Waals surface area contributed by atoms with Gasteiger partial charge in [0.05, 0.1) is 40.0 Å². The molecule has 370 valence electrons. The second-order valence-electron chi connectivity index (χ2n) is 19.3. The fourth-order valence-corrected chi connectivity index (χ4v) is 8.90. The zero-order valence-corrected chi connectivity index (χ0v) is 41.7. The van der Waals surface area contributed by atoms with Gasteiger partial charge in [0.2, 0.25) is 0 Å². The van der Waals surface area contributed by atoms with Gasteiger partial charge in [-0.05, 0) is 31.6 Å². The molecule has 1 rings (SSSR count). The van der Waals surface area contributed by atoms with E-state index in [2.05, 4.69) is 13.8 Å². The first kappa shape index (κ1) is 59.4. The highest BCUT2D eigenvalue weighted by Gasteiger charge is 2.39. The highest BCUT2D eigenvalue weighted by molar-refractivity contribution is 7.47. The van der Waals surface area contributed by atoms with Gasteiger partial charge in [0.1, 0.15) is 25.5 Å². The Morgan fingerprint density at radius 2 is 1.17 bits per heavy atom. The number of esters is 2. The molecule has 13 heteroatoms. The number of allylic oxidation sites excluding steroid dienone is 1. The first-order valence-corrected chi connectivity index (χ1v) is 27.0. The number of ketones is 1. The predicted molar refractivity (Wildman–Crippen MR) is 253 cm³/mol. The van der Waals surface area contributed by atoms with Gasteiger partial charge in [0.25, 0.3) is 0 Å². The highest BCUT2D eigenvalue weighted by atomic mass is 31.2. The summed E-state index contributed by atoms with van der Waals surface area (Å²) in [6.45, 7) is 4.08. The number of hydrogen-bond acceptors (Lipinski definition) is 10. The number of unbranched alkanes of at least 4 members (excludes halogenated alkanes) is 23. The normalized spacial score (nSPS) is 18.8. The van der Waals surface area contributed by atoms with Crippen LogP contribution in [-0.2, 0) is 37.5 Å². The molecule has 0 aromatic carbocycles. The molecule has 1 fully saturated rings. The van der Waals surface area contributed by atoms with Gasteiger partial charge >= 0.3 is 19.8 Å². The van der Waals surface area contributed by atoms with Crippen LogP contribution < -0.4 is 0 Å². The maximum atomic E-state index is 12.9. The van der Waals surface area contributed by atoms with Gasteiger partial charge in [0.15, 0.2) is 6.10 Å². The van der Waals surface area contributed by atoms with Crippen molar-refractivity contribution in [1.29, 1.82) is 0 Å². The predicted octanol–water partition coefficient (Wildman–Crippen LogP) is 11.5. The second kappa shape index (κ2) is 37.4. The molecule has 12 nitrogen and oxygen atoms in total. The Labute approximate surface area is 384 Å². The highest BCUT2D eigenvalue weighted by Crippen LogP contribution is 2.43. The average molecular weight is 917 g/mol. The number of phosphoric acid groups is 1. The van der Waals surface area contributed by atoms with Crippen molar-refractivity contribution >= 4 is 25.5 Å². The summed E-state index contributed by atoms with van der Waals surface area (Å²) in [6.07, 6.45) is 33.0. The maximum absolute atomic E-state index is 12.9. The van der Waals surface area contributed by atoms with E-state index in [0.717, 1.165) is 57.8 Å². The number of likely N-dealkylation sites (N-methyl/N-ethyl adjacent to an activating group) is 1. The van der Waals surface area contributed by atoms with Crippen molar-refractivity contribution in [2.75, 3.05) is 47.5 Å². The van der Waals surface area contributed by atoms with Crippen LogP contribution in [0.4, 0.5) is 0 Å². The van der Waals surface area contributed by atoms with Gasteiger partial charge in [-0.2, -0.15) is 0 Å². The van der Waals surface area contributed by atoms with E-state index in [1.807, 2.05) is 21.1 Å². The van der Waals surface area contributed by atoms with E-state index in [0.29, 0.717) is 36.7 Å². The summed E-state index contributed by atoms with van der Waals surface area (Å²) in [6, 6.07) is 0. The zero-order chi connectivity index (χ0) is 46.6. The summed E-state index contributed by atoms with van der Waals surface area (Å²) >= 11 is 0. The number of quaternary nitrogens is 1. The van der Waals surface area contributed by atoms with Gasteiger partial charge in [-0.1, -0.05) is 180 Å². The molecule has 0 aromatic heterocycles. The van der Waals surface area contributed by atoms with Crippen LogP contribution in [0, 0.1) is 11.8 Å². The largest absolute Gasteiger partial charge is 0.472 e. The molecule has 1 aliphatic carbocycles. The molecule has 0 spiro atoms. The van der Waals surface area contributed by atoms with E-state index in [-0.39, 0.29) is 44.2 Å². The average Bonchev–Trinajstić information content (AvgIpc) is 3.50. The van der Waals surface area contributed by atoms with E-state index in [1.54, 1.807) is 12.2 Å². The van der Waals surface area contributed by atoms with Crippen LogP contribution >= 0.6 is 7.82 Å². The number of aliphatic hydroxyl groups is 2. The number of hydrogen-bond donors (Lipinski definition) is 3. The number of Topliss-reactive ketones (excluding diaryl/α,β-unsaturated/α-hetero) is 1. The summed E-state index contributed by atoms with van der Waals surface area (Å²) in [5.74, 6) is -1.52. The maximum Gasteiger partial charge on any atom is 0.472 e. The minimum atomic E-state index is -4.44. The van der Waals surface area contributed by atoms with E-state index in [1.165, 1.54) is 96.3 Å². The van der Waals surface area contributed by atoms with E-state index >= 15 is 0 Å². The third kappa shape index (κ3) is 34.3. The lowest BCUT2D eigenvalue weighted by molar-refractivity contribution is -0.870. The van der Waals surface area contributed by atoms with Crippen molar-refractivity contribution < 1.29 is 57.1 Å². The van der Waals surface area contributed by atoms with E-state index in [9.17, 15) is 34.1 Å². The van der Waals surface area contributed by atoms with Crippen molar-refractivity contribution in [1.82, 2.24) is 0 Å². The monoisotopic (exact) mass is 917 g/mol. The van der Waals surface area contributed by atoms with Crippen molar-refractivity contribution in [3.63, 3.8) is 0 Å². The number of carbonyl (C=O) groups is 3. The fourth-order valence-electron chi connectivity index (χ4n) is 8.16. The Morgan fingerprint density at radius 1 is 0.698 bits per heavy atom. The van der Waals surface area contributed by atoms with Gasteiger partial charge in [-0.3, -0.25) is 23.4 Å². The zero-order valence-electron chi connectivity index (χ0n) is 40.8. The molecule has 3 N–H and O–H groups in total. The van der Waals surface area contributed by atoms with Gasteiger partial charge < -0.3 is 29.1 Å². The molecule has 0 radical (unpaired) electrons. The molecule has 0 aromatic rings. The van der Waals surface area contributed by atoms with E-state index < -0.39 is 50.6 Å². The lowest BCUT2D eigenvalue weighted by atomic mass is 9.88. The summed E-state index contributed by atoms with van der Waals surface area (Å²) < 4.78 is 34.4. The lowest BCUT2D eigenvalue weighted by Gasteiger charge is -2.24. The summed E-state index contributed by atoms with van der Waals surface area (Å²) in [5, 5.41) is 20.8. The molecule has 0 heterocycles.